The summed E-state index contributed by atoms with van der Waals surface area (Å²) in [5.41, 5.74) is 1.78. The summed E-state index contributed by atoms with van der Waals surface area (Å²) < 4.78 is 14.7. The van der Waals surface area contributed by atoms with E-state index < -0.39 is 11.9 Å². The lowest BCUT2D eigenvalue weighted by atomic mass is 10.1. The first-order chi connectivity index (χ1) is 13.5. The fourth-order valence-electron chi connectivity index (χ4n) is 2.63. The largest absolute Gasteiger partial charge is 0.326 e. The van der Waals surface area contributed by atoms with E-state index in [2.05, 4.69) is 20.7 Å². The monoisotopic (exact) mass is 381 g/mol. The first-order valence-electron chi connectivity index (χ1n) is 8.80. The minimum atomic E-state index is -0.465. The van der Waals surface area contributed by atoms with Gasteiger partial charge in [-0.2, -0.15) is 5.10 Å². The van der Waals surface area contributed by atoms with Gasteiger partial charge in [0.1, 0.15) is 11.9 Å². The van der Waals surface area contributed by atoms with Crippen molar-refractivity contribution in [2.75, 3.05) is 10.6 Å². The highest BCUT2D eigenvalue weighted by Crippen LogP contribution is 2.17. The fourth-order valence-corrected chi connectivity index (χ4v) is 2.63. The molecule has 2 aromatic heterocycles. The van der Waals surface area contributed by atoms with E-state index in [-0.39, 0.29) is 18.2 Å². The summed E-state index contributed by atoms with van der Waals surface area (Å²) >= 11 is 0. The molecule has 0 saturated heterocycles. The molecule has 0 spiro atoms. The van der Waals surface area contributed by atoms with Gasteiger partial charge in [-0.05, 0) is 49.2 Å². The molecule has 1 unspecified atom stereocenters. The molecular formula is C20H20FN5O2. The van der Waals surface area contributed by atoms with E-state index >= 15 is 0 Å². The smallest absolute Gasteiger partial charge is 0.248 e. The van der Waals surface area contributed by atoms with E-state index in [0.29, 0.717) is 23.4 Å². The van der Waals surface area contributed by atoms with E-state index in [1.165, 1.54) is 12.3 Å². The molecule has 3 aromatic rings. The Labute approximate surface area is 161 Å². The van der Waals surface area contributed by atoms with Crippen LogP contribution in [0.5, 0.6) is 0 Å². The topological polar surface area (TPSA) is 88.9 Å². The van der Waals surface area contributed by atoms with Gasteiger partial charge in [0.15, 0.2) is 0 Å². The molecule has 0 aliphatic rings. The van der Waals surface area contributed by atoms with Crippen molar-refractivity contribution >= 4 is 23.2 Å². The lowest BCUT2D eigenvalue weighted by Crippen LogP contribution is -2.24. The van der Waals surface area contributed by atoms with Crippen molar-refractivity contribution in [1.82, 2.24) is 14.8 Å². The Balaban J connectivity index is 1.55. The van der Waals surface area contributed by atoms with E-state index in [9.17, 15) is 14.0 Å². The minimum absolute atomic E-state index is 0.193. The Morgan fingerprint density at radius 3 is 2.64 bits per heavy atom. The number of aryl methyl sites for hydroxylation is 1. The Morgan fingerprint density at radius 2 is 1.93 bits per heavy atom. The van der Waals surface area contributed by atoms with Crippen molar-refractivity contribution in [1.29, 1.82) is 0 Å². The normalized spacial score (nSPS) is 11.6. The second kappa shape index (κ2) is 8.90. The zero-order valence-corrected chi connectivity index (χ0v) is 15.3. The Bertz CT molecular complexity index is 959. The first kappa shape index (κ1) is 19.2. The van der Waals surface area contributed by atoms with E-state index in [0.717, 1.165) is 6.20 Å². The number of carbonyl (C=O) groups is 2. The molecule has 8 heteroatoms. The quantitative estimate of drug-likeness (QED) is 0.658. The van der Waals surface area contributed by atoms with Crippen LogP contribution < -0.4 is 10.6 Å². The summed E-state index contributed by atoms with van der Waals surface area (Å²) in [6.45, 7) is 1.75. The number of rotatable bonds is 7. The van der Waals surface area contributed by atoms with Crippen molar-refractivity contribution in [2.24, 2.45) is 0 Å². The molecule has 28 heavy (non-hydrogen) atoms. The third-order valence-corrected chi connectivity index (χ3v) is 4.12. The zero-order chi connectivity index (χ0) is 19.9. The molecule has 7 nitrogen and oxygen atoms in total. The molecule has 1 aromatic carbocycles. The zero-order valence-electron chi connectivity index (χ0n) is 15.3. The van der Waals surface area contributed by atoms with Gasteiger partial charge in [-0.25, -0.2) is 4.39 Å². The summed E-state index contributed by atoms with van der Waals surface area (Å²) in [5, 5.41) is 9.64. The van der Waals surface area contributed by atoms with Crippen molar-refractivity contribution in [2.45, 2.75) is 25.8 Å². The number of nitrogens with zero attached hydrogens (tertiary/aromatic N) is 3. The maximum absolute atomic E-state index is 13.1. The van der Waals surface area contributed by atoms with Crippen LogP contribution in [0.1, 0.15) is 24.9 Å². The number of pyridine rings is 1. The van der Waals surface area contributed by atoms with Crippen LogP contribution in [0.25, 0.3) is 0 Å². The van der Waals surface area contributed by atoms with Gasteiger partial charge in [-0.1, -0.05) is 6.07 Å². The molecule has 144 valence electrons. The lowest BCUT2D eigenvalue weighted by Gasteiger charge is -2.13. The van der Waals surface area contributed by atoms with Crippen LogP contribution in [-0.2, 0) is 16.0 Å². The fraction of sp³-hybridized carbons (Fsp3) is 0.200. The first-order valence-corrected chi connectivity index (χ1v) is 8.80. The highest BCUT2D eigenvalue weighted by Gasteiger charge is 2.15. The highest BCUT2D eigenvalue weighted by atomic mass is 19.1. The van der Waals surface area contributed by atoms with Crippen LogP contribution in [0.3, 0.4) is 0 Å². The minimum Gasteiger partial charge on any atom is -0.326 e. The van der Waals surface area contributed by atoms with Gasteiger partial charge in [0.2, 0.25) is 11.8 Å². The van der Waals surface area contributed by atoms with Crippen molar-refractivity contribution < 1.29 is 14.0 Å². The summed E-state index contributed by atoms with van der Waals surface area (Å²) in [4.78, 5) is 28.2. The third kappa shape index (κ3) is 5.23. The van der Waals surface area contributed by atoms with Gasteiger partial charge >= 0.3 is 0 Å². The van der Waals surface area contributed by atoms with Gasteiger partial charge < -0.3 is 10.6 Å². The number of benzene rings is 1. The van der Waals surface area contributed by atoms with Crippen LogP contribution in [0, 0.1) is 5.82 Å². The molecule has 0 radical (unpaired) electrons. The van der Waals surface area contributed by atoms with Crippen LogP contribution in [0.4, 0.5) is 15.8 Å². The van der Waals surface area contributed by atoms with Crippen molar-refractivity contribution in [3.8, 4) is 0 Å². The number of halogens is 1. The molecule has 2 amide bonds. The van der Waals surface area contributed by atoms with E-state index in [4.69, 9.17) is 0 Å². The second-order valence-electron chi connectivity index (χ2n) is 6.29. The molecule has 2 heterocycles. The number of carbonyl (C=O) groups excluding carboxylic acids is 2. The molecule has 0 saturated carbocycles. The summed E-state index contributed by atoms with van der Waals surface area (Å²) in [6.07, 6.45) is 6.56. The van der Waals surface area contributed by atoms with E-state index in [1.54, 1.807) is 54.3 Å². The maximum atomic E-state index is 13.1. The molecule has 3 rings (SSSR count). The molecule has 0 fully saturated rings. The molecule has 2 N–H and O–H groups in total. The number of hydrogen-bond donors (Lipinski definition) is 2. The number of anilines is 2. The van der Waals surface area contributed by atoms with Crippen LogP contribution >= 0.6 is 0 Å². The molecule has 0 aliphatic carbocycles. The molecule has 0 bridgehead atoms. The Kier molecular flexibility index (Phi) is 6.11. The Morgan fingerprint density at radius 1 is 1.14 bits per heavy atom. The predicted octanol–water partition coefficient (Wildman–Crippen LogP) is 3.19. The number of hydrogen-bond acceptors (Lipinski definition) is 4. The van der Waals surface area contributed by atoms with Crippen LogP contribution in [0.15, 0.2) is 61.2 Å². The van der Waals surface area contributed by atoms with Gasteiger partial charge in [-0.15, -0.1) is 0 Å². The lowest BCUT2D eigenvalue weighted by molar-refractivity contribution is -0.119. The van der Waals surface area contributed by atoms with Crippen LogP contribution in [0.2, 0.25) is 0 Å². The van der Waals surface area contributed by atoms with Crippen molar-refractivity contribution in [3.05, 3.63) is 72.6 Å². The third-order valence-electron chi connectivity index (χ3n) is 4.12. The predicted molar refractivity (Wildman–Crippen MR) is 103 cm³/mol. The van der Waals surface area contributed by atoms with Gasteiger partial charge in [0.05, 0.1) is 6.20 Å². The maximum Gasteiger partial charge on any atom is 0.248 e. The van der Waals surface area contributed by atoms with Crippen molar-refractivity contribution in [3.63, 3.8) is 0 Å². The average Bonchev–Trinajstić information content (AvgIpc) is 3.21. The Hall–Kier alpha value is -3.55. The average molecular weight is 381 g/mol. The van der Waals surface area contributed by atoms with Gasteiger partial charge in [-0.3, -0.25) is 19.3 Å². The summed E-state index contributed by atoms with van der Waals surface area (Å²) in [7, 11) is 0. The second-order valence-corrected chi connectivity index (χ2v) is 6.29. The number of nitrogens with one attached hydrogen (secondary N) is 2. The van der Waals surface area contributed by atoms with Gasteiger partial charge in [0, 0.05) is 36.4 Å². The SMILES string of the molecule is CC(C(=O)Nc1cccc(NC(=O)CCc2cncc(F)c2)c1)n1cccn1. The molecule has 1 atom stereocenters. The molecular weight excluding hydrogens is 361 g/mol. The highest BCUT2D eigenvalue weighted by molar-refractivity contribution is 5.95. The molecule has 0 aliphatic heterocycles. The standard InChI is InChI=1S/C20H20FN5O2/c1-14(26-9-3-8-23-26)20(28)25-18-5-2-4-17(11-18)24-19(27)7-6-15-10-16(21)13-22-12-15/h2-5,8-14H,6-7H2,1H3,(H,24,27)(H,25,28). The van der Waals surface area contributed by atoms with E-state index in [1.807, 2.05) is 0 Å². The summed E-state index contributed by atoms with van der Waals surface area (Å²) in [5.74, 6) is -0.853. The summed E-state index contributed by atoms with van der Waals surface area (Å²) in [6, 6.07) is 9.52. The van der Waals surface area contributed by atoms with Crippen LogP contribution in [-0.4, -0.2) is 26.6 Å². The number of aromatic nitrogens is 3. The van der Waals surface area contributed by atoms with Gasteiger partial charge in [0.25, 0.3) is 0 Å². The number of amides is 2.